The van der Waals surface area contributed by atoms with Crippen LogP contribution in [0.3, 0.4) is 0 Å². The number of hydrogen-bond donors (Lipinski definition) is 1. The van der Waals surface area contributed by atoms with E-state index >= 15 is 0 Å². The number of unbranched alkanes of at least 4 members (excludes halogenated alkanes) is 5. The van der Waals surface area contributed by atoms with Crippen LogP contribution in [0.5, 0.6) is 0 Å². The van der Waals surface area contributed by atoms with Gasteiger partial charge in [0.2, 0.25) is 0 Å². The highest BCUT2D eigenvalue weighted by Gasteiger charge is 2.15. The van der Waals surface area contributed by atoms with Gasteiger partial charge in [-0.05, 0) is 6.42 Å². The molecule has 0 amide bonds. The molecule has 3 nitrogen and oxygen atoms in total. The Kier molecular flexibility index (Phi) is 6.60. The Balaban J connectivity index is 2.23. The maximum absolute atomic E-state index is 10.0. The molecular formula is C13H23ClN2O. The van der Waals surface area contributed by atoms with Gasteiger partial charge in [0.05, 0.1) is 23.0 Å². The van der Waals surface area contributed by atoms with Crippen molar-refractivity contribution in [1.29, 1.82) is 0 Å². The molecule has 98 valence electrons. The number of halogens is 1. The zero-order valence-electron chi connectivity index (χ0n) is 10.8. The minimum atomic E-state index is -0.485. The van der Waals surface area contributed by atoms with Crippen molar-refractivity contribution >= 4 is 11.6 Å². The highest BCUT2D eigenvalue weighted by atomic mass is 35.5. The van der Waals surface area contributed by atoms with E-state index in [0.717, 1.165) is 18.5 Å². The molecule has 0 saturated carbocycles. The van der Waals surface area contributed by atoms with Crippen molar-refractivity contribution in [2.24, 2.45) is 7.05 Å². The molecule has 0 aromatic carbocycles. The van der Waals surface area contributed by atoms with Gasteiger partial charge in [0, 0.05) is 7.05 Å². The average molecular weight is 259 g/mol. The van der Waals surface area contributed by atoms with E-state index < -0.39 is 6.10 Å². The molecule has 0 radical (unpaired) electrons. The van der Waals surface area contributed by atoms with Crippen LogP contribution in [0.1, 0.15) is 63.7 Å². The van der Waals surface area contributed by atoms with E-state index in [1.807, 2.05) is 7.05 Å². The zero-order chi connectivity index (χ0) is 12.7. The summed E-state index contributed by atoms with van der Waals surface area (Å²) >= 11 is 5.98. The van der Waals surface area contributed by atoms with Gasteiger partial charge in [0.15, 0.2) is 0 Å². The molecule has 1 rings (SSSR count). The minimum absolute atomic E-state index is 0.485. The van der Waals surface area contributed by atoms with Crippen molar-refractivity contribution < 1.29 is 5.11 Å². The van der Waals surface area contributed by atoms with Gasteiger partial charge in [-0.1, -0.05) is 57.0 Å². The number of nitrogens with zero attached hydrogens (tertiary/aromatic N) is 2. The molecule has 1 N–H and O–H groups in total. The third-order valence-electron chi connectivity index (χ3n) is 3.08. The maximum Gasteiger partial charge on any atom is 0.0971 e. The molecule has 0 aliphatic carbocycles. The van der Waals surface area contributed by atoms with E-state index in [1.54, 1.807) is 10.9 Å². The SMILES string of the molecule is CCCCCCCCC(O)c1c(Cl)cnn1C. The first-order chi connectivity index (χ1) is 8.16. The quantitative estimate of drug-likeness (QED) is 0.719. The third-order valence-corrected chi connectivity index (χ3v) is 3.38. The minimum Gasteiger partial charge on any atom is -0.387 e. The fourth-order valence-electron chi connectivity index (χ4n) is 2.05. The molecule has 1 heterocycles. The van der Waals surface area contributed by atoms with E-state index in [9.17, 15) is 5.11 Å². The standard InChI is InChI=1S/C13H23ClN2O/c1-3-4-5-6-7-8-9-12(17)13-11(14)10-15-16(13)2/h10,12,17H,3-9H2,1-2H3. The van der Waals surface area contributed by atoms with Crippen LogP contribution in [0.15, 0.2) is 6.20 Å². The molecule has 0 aliphatic heterocycles. The van der Waals surface area contributed by atoms with Crippen molar-refractivity contribution in [3.63, 3.8) is 0 Å². The molecule has 0 aliphatic rings. The summed E-state index contributed by atoms with van der Waals surface area (Å²) in [6, 6.07) is 0. The van der Waals surface area contributed by atoms with Crippen LogP contribution in [0.25, 0.3) is 0 Å². The second kappa shape index (κ2) is 7.72. The molecule has 0 bridgehead atoms. The highest BCUT2D eigenvalue weighted by Crippen LogP contribution is 2.26. The van der Waals surface area contributed by atoms with E-state index in [-0.39, 0.29) is 0 Å². The van der Waals surface area contributed by atoms with Gasteiger partial charge >= 0.3 is 0 Å². The molecule has 1 unspecified atom stereocenters. The molecule has 4 heteroatoms. The van der Waals surface area contributed by atoms with Crippen LogP contribution in [0.2, 0.25) is 5.02 Å². The lowest BCUT2D eigenvalue weighted by atomic mass is 10.1. The summed E-state index contributed by atoms with van der Waals surface area (Å²) in [5.41, 5.74) is 0.736. The molecule has 1 atom stereocenters. The number of hydrogen-bond acceptors (Lipinski definition) is 2. The molecule has 0 spiro atoms. The molecule has 0 fully saturated rings. The summed E-state index contributed by atoms with van der Waals surface area (Å²) < 4.78 is 1.66. The van der Waals surface area contributed by atoms with Gasteiger partial charge < -0.3 is 5.11 Å². The van der Waals surface area contributed by atoms with Gasteiger partial charge in [0.1, 0.15) is 0 Å². The molecule has 0 saturated heterocycles. The molecular weight excluding hydrogens is 236 g/mol. The highest BCUT2D eigenvalue weighted by molar-refractivity contribution is 6.31. The number of aliphatic hydroxyl groups is 1. The third kappa shape index (κ3) is 4.68. The second-order valence-electron chi connectivity index (χ2n) is 4.57. The summed E-state index contributed by atoms with van der Waals surface area (Å²) in [6.07, 6.45) is 9.26. The zero-order valence-corrected chi connectivity index (χ0v) is 11.6. The smallest absolute Gasteiger partial charge is 0.0971 e. The Morgan fingerprint density at radius 1 is 1.29 bits per heavy atom. The lowest BCUT2D eigenvalue weighted by Gasteiger charge is -2.11. The van der Waals surface area contributed by atoms with E-state index in [1.165, 1.54) is 32.1 Å². The number of aromatic nitrogens is 2. The first-order valence-corrected chi connectivity index (χ1v) is 6.90. The van der Waals surface area contributed by atoms with Crippen LogP contribution in [0.4, 0.5) is 0 Å². The van der Waals surface area contributed by atoms with Crippen LogP contribution in [0, 0.1) is 0 Å². The molecule has 1 aromatic rings. The fraction of sp³-hybridized carbons (Fsp3) is 0.769. The fourth-order valence-corrected chi connectivity index (χ4v) is 2.34. The number of aryl methyl sites for hydroxylation is 1. The van der Waals surface area contributed by atoms with Gasteiger partial charge in [0.25, 0.3) is 0 Å². The van der Waals surface area contributed by atoms with Crippen molar-refractivity contribution in [2.45, 2.75) is 58.0 Å². The largest absolute Gasteiger partial charge is 0.387 e. The van der Waals surface area contributed by atoms with E-state index in [2.05, 4.69) is 12.0 Å². The molecule has 1 aromatic heterocycles. The first kappa shape index (κ1) is 14.5. The molecule has 17 heavy (non-hydrogen) atoms. The van der Waals surface area contributed by atoms with Gasteiger partial charge in [-0.25, -0.2) is 0 Å². The predicted octanol–water partition coefficient (Wildman–Crippen LogP) is 3.86. The van der Waals surface area contributed by atoms with Gasteiger partial charge in [-0.2, -0.15) is 5.10 Å². The number of aliphatic hydroxyl groups excluding tert-OH is 1. The van der Waals surface area contributed by atoms with Crippen LogP contribution < -0.4 is 0 Å². The van der Waals surface area contributed by atoms with Gasteiger partial charge in [-0.15, -0.1) is 0 Å². The maximum atomic E-state index is 10.0. The summed E-state index contributed by atoms with van der Waals surface area (Å²) in [5, 5.41) is 14.6. The van der Waals surface area contributed by atoms with Crippen molar-refractivity contribution in [3.8, 4) is 0 Å². The van der Waals surface area contributed by atoms with Crippen molar-refractivity contribution in [2.75, 3.05) is 0 Å². The normalized spacial score (nSPS) is 12.9. The van der Waals surface area contributed by atoms with Crippen LogP contribution in [-0.2, 0) is 7.05 Å². The second-order valence-corrected chi connectivity index (χ2v) is 4.98. The summed E-state index contributed by atoms with van der Waals surface area (Å²) in [5.74, 6) is 0. The Hall–Kier alpha value is -0.540. The van der Waals surface area contributed by atoms with Gasteiger partial charge in [-0.3, -0.25) is 4.68 Å². The van der Waals surface area contributed by atoms with Crippen molar-refractivity contribution in [3.05, 3.63) is 16.9 Å². The monoisotopic (exact) mass is 258 g/mol. The summed E-state index contributed by atoms with van der Waals surface area (Å²) in [4.78, 5) is 0. The average Bonchev–Trinajstić information content (AvgIpc) is 2.63. The lowest BCUT2D eigenvalue weighted by Crippen LogP contribution is -2.05. The lowest BCUT2D eigenvalue weighted by molar-refractivity contribution is 0.154. The predicted molar refractivity (Wildman–Crippen MR) is 71.2 cm³/mol. The Bertz CT molecular complexity index is 306. The van der Waals surface area contributed by atoms with E-state index in [4.69, 9.17) is 11.6 Å². The number of rotatable bonds is 8. The topological polar surface area (TPSA) is 38.1 Å². The van der Waals surface area contributed by atoms with E-state index in [0.29, 0.717) is 5.02 Å². The van der Waals surface area contributed by atoms with Crippen LogP contribution >= 0.6 is 11.6 Å². The van der Waals surface area contributed by atoms with Crippen molar-refractivity contribution in [1.82, 2.24) is 9.78 Å². The Morgan fingerprint density at radius 3 is 2.53 bits per heavy atom. The Labute approximate surface area is 109 Å². The van der Waals surface area contributed by atoms with Crippen LogP contribution in [-0.4, -0.2) is 14.9 Å². The first-order valence-electron chi connectivity index (χ1n) is 6.52. The Morgan fingerprint density at radius 2 is 1.94 bits per heavy atom. The summed E-state index contributed by atoms with van der Waals surface area (Å²) in [6.45, 7) is 2.22. The summed E-state index contributed by atoms with van der Waals surface area (Å²) in [7, 11) is 1.81.